The SMILES string of the molecule is CCOc1ccccc1.Nc1ccc(NC=O)cc1. The zero-order chi connectivity index (χ0) is 13.9. The molecule has 2 rings (SSSR count). The number of carbonyl (C=O) groups is 1. The second-order valence-electron chi connectivity index (χ2n) is 3.63. The van der Waals surface area contributed by atoms with Gasteiger partial charge in [0.05, 0.1) is 6.61 Å². The summed E-state index contributed by atoms with van der Waals surface area (Å²) in [6, 6.07) is 16.7. The predicted octanol–water partition coefficient (Wildman–Crippen LogP) is 2.92. The summed E-state index contributed by atoms with van der Waals surface area (Å²) in [7, 11) is 0. The Morgan fingerprint density at radius 3 is 2.26 bits per heavy atom. The molecule has 0 heterocycles. The summed E-state index contributed by atoms with van der Waals surface area (Å²) in [5, 5.41) is 2.50. The third kappa shape index (κ3) is 6.12. The van der Waals surface area contributed by atoms with Crippen molar-refractivity contribution < 1.29 is 9.53 Å². The Bertz CT molecular complexity index is 469. The number of nitrogens with two attached hydrogens (primary N) is 1. The monoisotopic (exact) mass is 258 g/mol. The van der Waals surface area contributed by atoms with Crippen LogP contribution >= 0.6 is 0 Å². The van der Waals surface area contributed by atoms with E-state index in [1.807, 2.05) is 37.3 Å². The van der Waals surface area contributed by atoms with Crippen molar-refractivity contribution in [1.29, 1.82) is 0 Å². The molecule has 0 saturated carbocycles. The van der Waals surface area contributed by atoms with Gasteiger partial charge in [-0.2, -0.15) is 0 Å². The molecule has 0 bridgehead atoms. The number of hydrogen-bond donors (Lipinski definition) is 2. The van der Waals surface area contributed by atoms with Gasteiger partial charge in [-0.05, 0) is 43.3 Å². The number of anilines is 2. The number of amides is 1. The molecule has 0 fully saturated rings. The van der Waals surface area contributed by atoms with Gasteiger partial charge < -0.3 is 15.8 Å². The van der Waals surface area contributed by atoms with E-state index in [1.165, 1.54) is 0 Å². The van der Waals surface area contributed by atoms with E-state index in [4.69, 9.17) is 10.5 Å². The van der Waals surface area contributed by atoms with Gasteiger partial charge in [0.1, 0.15) is 5.75 Å². The Labute approximate surface area is 113 Å². The number of nitrogen functional groups attached to an aromatic ring is 1. The number of benzene rings is 2. The number of nitrogens with one attached hydrogen (secondary N) is 1. The largest absolute Gasteiger partial charge is 0.494 e. The highest BCUT2D eigenvalue weighted by atomic mass is 16.5. The molecule has 4 heteroatoms. The van der Waals surface area contributed by atoms with E-state index in [1.54, 1.807) is 24.3 Å². The molecule has 0 aliphatic carbocycles. The molecule has 0 aromatic heterocycles. The fourth-order valence-electron chi connectivity index (χ4n) is 1.33. The second-order valence-corrected chi connectivity index (χ2v) is 3.63. The third-order valence-corrected chi connectivity index (χ3v) is 2.19. The van der Waals surface area contributed by atoms with Crippen LogP contribution in [0.1, 0.15) is 6.92 Å². The van der Waals surface area contributed by atoms with E-state index in [-0.39, 0.29) is 0 Å². The summed E-state index contributed by atoms with van der Waals surface area (Å²) in [5.74, 6) is 0.944. The number of para-hydroxylation sites is 1. The minimum absolute atomic E-state index is 0.630. The molecule has 100 valence electrons. The molecule has 4 nitrogen and oxygen atoms in total. The highest BCUT2D eigenvalue weighted by Crippen LogP contribution is 2.08. The van der Waals surface area contributed by atoms with Gasteiger partial charge in [-0.15, -0.1) is 0 Å². The predicted molar refractivity (Wildman–Crippen MR) is 78.2 cm³/mol. The Morgan fingerprint density at radius 2 is 1.74 bits per heavy atom. The van der Waals surface area contributed by atoms with E-state index in [0.717, 1.165) is 18.0 Å². The van der Waals surface area contributed by atoms with E-state index in [0.29, 0.717) is 12.1 Å². The third-order valence-electron chi connectivity index (χ3n) is 2.19. The molecule has 1 amide bonds. The highest BCUT2D eigenvalue weighted by Gasteiger charge is 1.86. The number of ether oxygens (including phenoxy) is 1. The van der Waals surface area contributed by atoms with Gasteiger partial charge >= 0.3 is 0 Å². The van der Waals surface area contributed by atoms with Gasteiger partial charge in [-0.3, -0.25) is 4.79 Å². The van der Waals surface area contributed by atoms with Crippen LogP contribution in [-0.4, -0.2) is 13.0 Å². The lowest BCUT2D eigenvalue weighted by Crippen LogP contribution is -1.93. The number of carbonyl (C=O) groups excluding carboxylic acids is 1. The first kappa shape index (κ1) is 14.6. The van der Waals surface area contributed by atoms with E-state index >= 15 is 0 Å². The van der Waals surface area contributed by atoms with Crippen molar-refractivity contribution in [2.24, 2.45) is 0 Å². The van der Waals surface area contributed by atoms with Gasteiger partial charge in [0.15, 0.2) is 0 Å². The summed E-state index contributed by atoms with van der Waals surface area (Å²) >= 11 is 0. The van der Waals surface area contributed by atoms with Crippen molar-refractivity contribution in [2.75, 3.05) is 17.7 Å². The lowest BCUT2D eigenvalue weighted by atomic mass is 10.3. The Balaban J connectivity index is 0.000000191. The average Bonchev–Trinajstić information content (AvgIpc) is 2.44. The van der Waals surface area contributed by atoms with Crippen molar-refractivity contribution in [3.05, 3.63) is 54.6 Å². The van der Waals surface area contributed by atoms with Crippen molar-refractivity contribution in [3.8, 4) is 5.75 Å². The Morgan fingerprint density at radius 1 is 1.11 bits per heavy atom. The molecule has 19 heavy (non-hydrogen) atoms. The molecular weight excluding hydrogens is 240 g/mol. The highest BCUT2D eigenvalue weighted by molar-refractivity contribution is 5.71. The summed E-state index contributed by atoms with van der Waals surface area (Å²) in [6.45, 7) is 2.72. The first-order valence-corrected chi connectivity index (χ1v) is 6.00. The molecule has 0 radical (unpaired) electrons. The van der Waals surface area contributed by atoms with Crippen molar-refractivity contribution in [2.45, 2.75) is 6.92 Å². The molecule has 3 N–H and O–H groups in total. The van der Waals surface area contributed by atoms with Gasteiger partial charge in [0, 0.05) is 11.4 Å². The van der Waals surface area contributed by atoms with Crippen molar-refractivity contribution in [1.82, 2.24) is 0 Å². The lowest BCUT2D eigenvalue weighted by molar-refractivity contribution is -0.105. The summed E-state index contributed by atoms with van der Waals surface area (Å²) in [6.07, 6.45) is 0.630. The normalized spacial score (nSPS) is 8.89. The Kier molecular flexibility index (Phi) is 6.58. The minimum Gasteiger partial charge on any atom is -0.494 e. The molecule has 0 aliphatic heterocycles. The molecule has 0 aliphatic rings. The second kappa shape index (κ2) is 8.58. The van der Waals surface area contributed by atoms with E-state index < -0.39 is 0 Å². The summed E-state index contributed by atoms with van der Waals surface area (Å²) < 4.78 is 5.21. The molecule has 2 aromatic rings. The summed E-state index contributed by atoms with van der Waals surface area (Å²) in [4.78, 5) is 9.92. The zero-order valence-corrected chi connectivity index (χ0v) is 10.9. The summed E-state index contributed by atoms with van der Waals surface area (Å²) in [5.41, 5.74) is 6.85. The number of hydrogen-bond acceptors (Lipinski definition) is 3. The van der Waals surface area contributed by atoms with Crippen LogP contribution in [0.15, 0.2) is 54.6 Å². The standard InChI is InChI=1S/C8H10O.C7H8N2O/c1-2-9-8-6-4-3-5-7-8;8-6-1-3-7(4-2-6)9-5-10/h3-7H,2H2,1H3;1-5H,8H2,(H,9,10). The fourth-order valence-corrected chi connectivity index (χ4v) is 1.33. The van der Waals surface area contributed by atoms with Crippen LogP contribution < -0.4 is 15.8 Å². The van der Waals surface area contributed by atoms with Gasteiger partial charge in [0.25, 0.3) is 0 Å². The van der Waals surface area contributed by atoms with E-state index in [2.05, 4.69) is 5.32 Å². The fraction of sp³-hybridized carbons (Fsp3) is 0.133. The molecule has 0 spiro atoms. The van der Waals surface area contributed by atoms with Crippen molar-refractivity contribution in [3.63, 3.8) is 0 Å². The smallest absolute Gasteiger partial charge is 0.211 e. The quantitative estimate of drug-likeness (QED) is 0.654. The van der Waals surface area contributed by atoms with Crippen LogP contribution in [0.4, 0.5) is 11.4 Å². The first-order chi connectivity index (χ1) is 9.26. The van der Waals surface area contributed by atoms with Gasteiger partial charge in [0.2, 0.25) is 6.41 Å². The topological polar surface area (TPSA) is 64.3 Å². The maximum atomic E-state index is 9.92. The van der Waals surface area contributed by atoms with Gasteiger partial charge in [-0.1, -0.05) is 18.2 Å². The van der Waals surface area contributed by atoms with Crippen LogP contribution in [0.25, 0.3) is 0 Å². The zero-order valence-electron chi connectivity index (χ0n) is 10.9. The minimum atomic E-state index is 0.630. The molecular formula is C15H18N2O2. The Hall–Kier alpha value is -2.49. The number of rotatable bonds is 4. The van der Waals surface area contributed by atoms with Gasteiger partial charge in [-0.25, -0.2) is 0 Å². The van der Waals surface area contributed by atoms with Crippen LogP contribution in [-0.2, 0) is 4.79 Å². The first-order valence-electron chi connectivity index (χ1n) is 6.00. The lowest BCUT2D eigenvalue weighted by Gasteiger charge is -1.99. The maximum absolute atomic E-state index is 9.92. The molecule has 0 unspecified atom stereocenters. The molecule has 2 aromatic carbocycles. The molecule has 0 saturated heterocycles. The van der Waals surface area contributed by atoms with E-state index in [9.17, 15) is 4.79 Å². The van der Waals surface area contributed by atoms with Crippen LogP contribution in [0, 0.1) is 0 Å². The maximum Gasteiger partial charge on any atom is 0.211 e. The van der Waals surface area contributed by atoms with Crippen molar-refractivity contribution >= 4 is 17.8 Å². The molecule has 0 atom stereocenters. The van der Waals surface area contributed by atoms with Crippen LogP contribution in [0.2, 0.25) is 0 Å². The van der Waals surface area contributed by atoms with Crippen LogP contribution in [0.3, 0.4) is 0 Å². The average molecular weight is 258 g/mol. The van der Waals surface area contributed by atoms with Crippen LogP contribution in [0.5, 0.6) is 5.75 Å².